The average molecular weight is 534 g/mol. The van der Waals surface area contributed by atoms with Gasteiger partial charge in [-0.1, -0.05) is 36.0 Å². The van der Waals surface area contributed by atoms with Crippen molar-refractivity contribution in [3.63, 3.8) is 0 Å². The summed E-state index contributed by atoms with van der Waals surface area (Å²) in [6.45, 7) is -0.907. The van der Waals surface area contributed by atoms with Crippen molar-refractivity contribution in [1.29, 1.82) is 0 Å². The summed E-state index contributed by atoms with van der Waals surface area (Å²) in [7, 11) is 1.13. The molecule has 1 saturated heterocycles. The molecule has 2 heterocycles. The number of carbonyl (C=O) groups excluding carboxylic acids is 3. The second-order valence-corrected chi connectivity index (χ2v) is 9.60. The van der Waals surface area contributed by atoms with Gasteiger partial charge >= 0.3 is 5.97 Å². The molecule has 0 radical (unpaired) electrons. The fourth-order valence-electron chi connectivity index (χ4n) is 4.38. The molecule has 0 bridgehead atoms. The standard InChI is InChI=1S/C25H25F2N3O6S/c1-35-23(34)19(11-31)28-22(33)20-9-15-12-37-24(29-21(32)14-5-3-2-4-6-14)30-25(15,13-36-20)17-8-7-16(26)10-18(17)27/h2-8,10,15,19-20,31H,9,11-13H2,1H3,(H,28,33)(H,29,30,32)/t15-,19-,20+,25-/m0/s1. The molecule has 4 rings (SSSR count). The van der Waals surface area contributed by atoms with Gasteiger partial charge in [-0.2, -0.15) is 0 Å². The third-order valence-electron chi connectivity index (χ3n) is 6.33. The van der Waals surface area contributed by atoms with Crippen LogP contribution in [-0.2, 0) is 24.6 Å². The smallest absolute Gasteiger partial charge is 0.330 e. The first-order chi connectivity index (χ1) is 17.8. The molecule has 1 fully saturated rings. The molecule has 196 valence electrons. The summed E-state index contributed by atoms with van der Waals surface area (Å²) in [6.07, 6.45) is -0.921. The Balaban J connectivity index is 1.61. The molecule has 0 saturated carbocycles. The number of rotatable bonds is 6. The highest BCUT2D eigenvalue weighted by molar-refractivity contribution is 8.13. The third-order valence-corrected chi connectivity index (χ3v) is 7.37. The number of aliphatic hydroxyl groups excluding tert-OH is 1. The predicted molar refractivity (Wildman–Crippen MR) is 131 cm³/mol. The molecule has 2 aromatic rings. The average Bonchev–Trinajstić information content (AvgIpc) is 2.91. The number of amides is 2. The Bertz CT molecular complexity index is 1210. The molecule has 0 spiro atoms. The number of hydrogen-bond donors (Lipinski definition) is 3. The summed E-state index contributed by atoms with van der Waals surface area (Å²) in [5.41, 5.74) is -0.847. The van der Waals surface area contributed by atoms with E-state index in [4.69, 9.17) is 4.74 Å². The van der Waals surface area contributed by atoms with Crippen LogP contribution in [0.3, 0.4) is 0 Å². The number of benzene rings is 2. The minimum atomic E-state index is -1.34. The number of aliphatic imine (C=N–C) groups is 1. The Hall–Kier alpha value is -3.35. The van der Waals surface area contributed by atoms with Gasteiger partial charge in [0.05, 0.1) is 20.3 Å². The van der Waals surface area contributed by atoms with Crippen LogP contribution in [0.4, 0.5) is 8.78 Å². The number of thioether (sulfide) groups is 1. The molecule has 0 unspecified atom stereocenters. The van der Waals surface area contributed by atoms with E-state index in [0.29, 0.717) is 11.3 Å². The summed E-state index contributed by atoms with van der Waals surface area (Å²) >= 11 is 1.23. The molecular formula is C25H25F2N3O6S. The van der Waals surface area contributed by atoms with Gasteiger partial charge in [-0.05, 0) is 24.6 Å². The van der Waals surface area contributed by atoms with E-state index < -0.39 is 59.6 Å². The zero-order valence-electron chi connectivity index (χ0n) is 19.8. The summed E-state index contributed by atoms with van der Waals surface area (Å²) in [5, 5.41) is 14.8. The van der Waals surface area contributed by atoms with Crippen LogP contribution < -0.4 is 10.6 Å². The van der Waals surface area contributed by atoms with Gasteiger partial charge in [0.15, 0.2) is 11.2 Å². The van der Waals surface area contributed by atoms with Crippen LogP contribution in [-0.4, -0.2) is 66.3 Å². The van der Waals surface area contributed by atoms with Crippen LogP contribution in [0.2, 0.25) is 0 Å². The summed E-state index contributed by atoms with van der Waals surface area (Å²) < 4.78 is 39.1. The zero-order valence-corrected chi connectivity index (χ0v) is 20.6. The number of aliphatic hydroxyl groups is 1. The van der Waals surface area contributed by atoms with E-state index in [1.807, 2.05) is 0 Å². The van der Waals surface area contributed by atoms with E-state index in [9.17, 15) is 23.9 Å². The van der Waals surface area contributed by atoms with Crippen molar-refractivity contribution < 1.29 is 37.7 Å². The molecule has 0 aromatic heterocycles. The molecular weight excluding hydrogens is 508 g/mol. The lowest BCUT2D eigenvalue weighted by Crippen LogP contribution is -2.56. The van der Waals surface area contributed by atoms with Crippen molar-refractivity contribution in [3.05, 3.63) is 71.3 Å². The number of hydrogen-bond acceptors (Lipinski definition) is 8. The molecule has 2 amide bonds. The number of ether oxygens (including phenoxy) is 2. The number of carbonyl (C=O) groups is 3. The first-order valence-electron chi connectivity index (χ1n) is 11.4. The Morgan fingerprint density at radius 2 is 2.00 bits per heavy atom. The Morgan fingerprint density at radius 1 is 1.24 bits per heavy atom. The molecule has 0 aliphatic carbocycles. The maximum atomic E-state index is 15.0. The summed E-state index contributed by atoms with van der Waals surface area (Å²) in [4.78, 5) is 41.9. The molecule has 2 aliphatic rings. The molecule has 4 atom stereocenters. The van der Waals surface area contributed by atoms with Crippen LogP contribution in [0, 0.1) is 17.6 Å². The number of nitrogens with zero attached hydrogens (tertiary/aromatic N) is 1. The second-order valence-electron chi connectivity index (χ2n) is 8.60. The third kappa shape index (κ3) is 5.65. The van der Waals surface area contributed by atoms with Crippen molar-refractivity contribution in [1.82, 2.24) is 10.6 Å². The maximum Gasteiger partial charge on any atom is 0.330 e. The lowest BCUT2D eigenvalue weighted by atomic mass is 9.75. The van der Waals surface area contributed by atoms with Gasteiger partial charge in [-0.3, -0.25) is 9.59 Å². The normalized spacial score (nSPS) is 23.7. The molecule has 3 N–H and O–H groups in total. The Labute approximate surface area is 215 Å². The molecule has 2 aliphatic heterocycles. The van der Waals surface area contributed by atoms with Crippen LogP contribution in [0.1, 0.15) is 22.3 Å². The van der Waals surface area contributed by atoms with E-state index in [0.717, 1.165) is 19.2 Å². The van der Waals surface area contributed by atoms with Crippen molar-refractivity contribution in [2.45, 2.75) is 24.1 Å². The van der Waals surface area contributed by atoms with Crippen molar-refractivity contribution in [3.8, 4) is 0 Å². The fourth-order valence-corrected chi connectivity index (χ4v) is 5.54. The maximum absolute atomic E-state index is 15.0. The summed E-state index contributed by atoms with van der Waals surface area (Å²) in [6, 6.07) is 10.4. The van der Waals surface area contributed by atoms with E-state index in [1.54, 1.807) is 30.3 Å². The van der Waals surface area contributed by atoms with E-state index in [-0.39, 0.29) is 23.8 Å². The van der Waals surface area contributed by atoms with Crippen molar-refractivity contribution in [2.24, 2.45) is 10.9 Å². The number of amidine groups is 1. The quantitative estimate of drug-likeness (QED) is 0.483. The monoisotopic (exact) mass is 533 g/mol. The first kappa shape index (κ1) is 26.7. The van der Waals surface area contributed by atoms with Gasteiger partial charge < -0.3 is 25.2 Å². The lowest BCUT2D eigenvalue weighted by molar-refractivity contribution is -0.151. The molecule has 9 nitrogen and oxygen atoms in total. The highest BCUT2D eigenvalue weighted by atomic mass is 32.2. The van der Waals surface area contributed by atoms with E-state index in [2.05, 4.69) is 20.4 Å². The van der Waals surface area contributed by atoms with Crippen LogP contribution in [0.5, 0.6) is 0 Å². The first-order valence-corrected chi connectivity index (χ1v) is 12.4. The molecule has 12 heteroatoms. The fraction of sp³-hybridized carbons (Fsp3) is 0.360. The largest absolute Gasteiger partial charge is 0.467 e. The number of halogens is 2. The van der Waals surface area contributed by atoms with Gasteiger partial charge in [0.25, 0.3) is 5.91 Å². The number of fused-ring (bicyclic) bond motifs is 1. The SMILES string of the molecule is COC(=O)[C@H](CO)NC(=O)[C@H]1C[C@H]2CSC(NC(=O)c3ccccc3)=N[C@@]2(c2ccc(F)cc2F)CO1. The van der Waals surface area contributed by atoms with Crippen molar-refractivity contribution >= 4 is 34.7 Å². The highest BCUT2D eigenvalue weighted by Gasteiger charge is 2.51. The highest BCUT2D eigenvalue weighted by Crippen LogP contribution is 2.47. The van der Waals surface area contributed by atoms with Gasteiger partial charge in [0.1, 0.15) is 23.3 Å². The van der Waals surface area contributed by atoms with Gasteiger partial charge in [-0.25, -0.2) is 18.6 Å². The van der Waals surface area contributed by atoms with Crippen molar-refractivity contribution in [2.75, 3.05) is 26.1 Å². The molecule has 37 heavy (non-hydrogen) atoms. The Kier molecular flexibility index (Phi) is 8.20. The zero-order chi connectivity index (χ0) is 26.6. The van der Waals surface area contributed by atoms with Crippen LogP contribution >= 0.6 is 11.8 Å². The lowest BCUT2D eigenvalue weighted by Gasteiger charge is -2.46. The minimum absolute atomic E-state index is 0.0762. The van der Waals surface area contributed by atoms with E-state index >= 15 is 4.39 Å². The number of esters is 1. The number of methoxy groups -OCH3 is 1. The topological polar surface area (TPSA) is 126 Å². The molecule has 2 aromatic carbocycles. The van der Waals surface area contributed by atoms with Crippen LogP contribution in [0.25, 0.3) is 0 Å². The summed E-state index contributed by atoms with van der Waals surface area (Å²) in [5.74, 6) is -3.53. The van der Waals surface area contributed by atoms with Gasteiger partial charge in [0.2, 0.25) is 5.91 Å². The van der Waals surface area contributed by atoms with Gasteiger partial charge in [0, 0.05) is 28.9 Å². The van der Waals surface area contributed by atoms with Crippen LogP contribution in [0.15, 0.2) is 53.5 Å². The van der Waals surface area contributed by atoms with Gasteiger partial charge in [-0.15, -0.1) is 0 Å². The predicted octanol–water partition coefficient (Wildman–Crippen LogP) is 1.75. The van der Waals surface area contributed by atoms with E-state index in [1.165, 1.54) is 17.8 Å². The Morgan fingerprint density at radius 3 is 2.68 bits per heavy atom. The number of nitrogens with one attached hydrogen (secondary N) is 2. The second kappa shape index (κ2) is 11.4. The minimum Gasteiger partial charge on any atom is -0.467 e.